The van der Waals surface area contributed by atoms with Gasteiger partial charge in [0.05, 0.1) is 10.6 Å². The third-order valence-electron chi connectivity index (χ3n) is 3.07. The molecule has 1 aromatic carbocycles. The Labute approximate surface area is 135 Å². The molecule has 8 heteroatoms. The summed E-state index contributed by atoms with van der Waals surface area (Å²) in [6, 6.07) is 4.13. The summed E-state index contributed by atoms with van der Waals surface area (Å²) in [5.74, 6) is -0.655. The van der Waals surface area contributed by atoms with Crippen molar-refractivity contribution in [3.8, 4) is 0 Å². The summed E-state index contributed by atoms with van der Waals surface area (Å²) in [6.45, 7) is 2.19. The number of nitrogens with two attached hydrogens (primary N) is 1. The summed E-state index contributed by atoms with van der Waals surface area (Å²) in [5.41, 5.74) is 6.31. The molecule has 2 rings (SSSR count). The molecule has 0 aliphatic rings. The van der Waals surface area contributed by atoms with E-state index in [0.717, 1.165) is 22.6 Å². The lowest BCUT2D eigenvalue weighted by Gasteiger charge is -2.18. The quantitative estimate of drug-likeness (QED) is 0.811. The van der Waals surface area contributed by atoms with Crippen molar-refractivity contribution in [2.24, 2.45) is 0 Å². The van der Waals surface area contributed by atoms with Crippen molar-refractivity contribution in [2.75, 3.05) is 12.8 Å². The third kappa shape index (κ3) is 3.28. The number of anilines is 1. The molecular weight excluding hydrogens is 379 g/mol. The number of halogens is 2. The van der Waals surface area contributed by atoms with Gasteiger partial charge in [0.2, 0.25) is 10.0 Å². The van der Waals surface area contributed by atoms with E-state index in [1.54, 1.807) is 0 Å². The van der Waals surface area contributed by atoms with Gasteiger partial charge in [-0.1, -0.05) is 0 Å². The van der Waals surface area contributed by atoms with E-state index >= 15 is 0 Å². The van der Waals surface area contributed by atoms with Crippen molar-refractivity contribution in [1.82, 2.24) is 4.31 Å². The topological polar surface area (TPSA) is 63.4 Å². The van der Waals surface area contributed by atoms with E-state index in [-0.39, 0.29) is 21.6 Å². The number of thiophene rings is 1. The van der Waals surface area contributed by atoms with Crippen molar-refractivity contribution < 1.29 is 12.8 Å². The van der Waals surface area contributed by atoms with Gasteiger partial charge in [-0.3, -0.25) is 0 Å². The fraction of sp³-hybridized carbons (Fsp3) is 0.231. The zero-order valence-corrected chi connectivity index (χ0v) is 14.6. The highest BCUT2D eigenvalue weighted by Gasteiger charge is 2.25. The van der Waals surface area contributed by atoms with Crippen LogP contribution in [0.3, 0.4) is 0 Å². The van der Waals surface area contributed by atoms with Crippen LogP contribution >= 0.6 is 27.3 Å². The molecule has 2 N–H and O–H groups in total. The van der Waals surface area contributed by atoms with E-state index in [4.69, 9.17) is 5.73 Å². The lowest BCUT2D eigenvalue weighted by molar-refractivity contribution is 0.468. The summed E-state index contributed by atoms with van der Waals surface area (Å²) >= 11 is 4.58. The molecule has 1 heterocycles. The van der Waals surface area contributed by atoms with E-state index < -0.39 is 15.8 Å². The molecule has 1 aromatic heterocycles. The Morgan fingerprint density at radius 3 is 2.67 bits per heavy atom. The van der Waals surface area contributed by atoms with Gasteiger partial charge in [0, 0.05) is 22.9 Å². The maximum Gasteiger partial charge on any atom is 0.244 e. The Balaban J connectivity index is 2.38. The lowest BCUT2D eigenvalue weighted by Crippen LogP contribution is -2.27. The molecule has 0 aliphatic heterocycles. The van der Waals surface area contributed by atoms with Crippen LogP contribution in [0.5, 0.6) is 0 Å². The Bertz CT molecular complexity index is 774. The number of rotatable bonds is 4. The minimum Gasteiger partial charge on any atom is -0.396 e. The number of nitrogens with zero attached hydrogens (tertiary/aromatic N) is 1. The third-order valence-corrected chi connectivity index (χ3v) is 6.84. The fourth-order valence-electron chi connectivity index (χ4n) is 1.76. The monoisotopic (exact) mass is 392 g/mol. The number of benzene rings is 1. The van der Waals surface area contributed by atoms with E-state index in [1.807, 2.05) is 18.4 Å². The van der Waals surface area contributed by atoms with Gasteiger partial charge in [-0.2, -0.15) is 4.31 Å². The van der Waals surface area contributed by atoms with E-state index in [2.05, 4.69) is 15.9 Å². The van der Waals surface area contributed by atoms with Gasteiger partial charge in [0.15, 0.2) is 0 Å². The largest absolute Gasteiger partial charge is 0.396 e. The molecular formula is C13H14BrFN2O2S2. The lowest BCUT2D eigenvalue weighted by atomic mass is 10.3. The molecule has 0 aliphatic carbocycles. The van der Waals surface area contributed by atoms with Crippen LogP contribution in [0.4, 0.5) is 10.1 Å². The van der Waals surface area contributed by atoms with Crippen molar-refractivity contribution in [1.29, 1.82) is 0 Å². The number of aryl methyl sites for hydroxylation is 1. The molecule has 21 heavy (non-hydrogen) atoms. The molecule has 0 saturated carbocycles. The van der Waals surface area contributed by atoms with Gasteiger partial charge >= 0.3 is 0 Å². The molecule has 114 valence electrons. The molecule has 0 radical (unpaired) electrons. The SMILES string of the molecule is Cc1ccsc1CN(C)S(=O)(=O)c1cc(N)c(F)cc1Br. The Morgan fingerprint density at radius 1 is 1.43 bits per heavy atom. The van der Waals surface area contributed by atoms with Crippen LogP contribution < -0.4 is 5.73 Å². The second-order valence-electron chi connectivity index (χ2n) is 4.59. The summed E-state index contributed by atoms with van der Waals surface area (Å²) in [4.78, 5) is 0.922. The zero-order valence-electron chi connectivity index (χ0n) is 11.4. The molecule has 0 fully saturated rings. The highest BCUT2D eigenvalue weighted by atomic mass is 79.9. The van der Waals surface area contributed by atoms with Crippen molar-refractivity contribution in [3.05, 3.63) is 44.3 Å². The first kappa shape index (κ1) is 16.4. The predicted octanol–water partition coefficient (Wildman–Crippen LogP) is 3.36. The minimum atomic E-state index is -3.76. The Kier molecular flexibility index (Phi) is 4.72. The van der Waals surface area contributed by atoms with Crippen molar-refractivity contribution in [3.63, 3.8) is 0 Å². The molecule has 0 amide bonds. The van der Waals surface area contributed by atoms with E-state index in [9.17, 15) is 12.8 Å². The van der Waals surface area contributed by atoms with Crippen molar-refractivity contribution in [2.45, 2.75) is 18.4 Å². The van der Waals surface area contributed by atoms with Gasteiger partial charge < -0.3 is 5.73 Å². The first-order valence-corrected chi connectivity index (χ1v) is 9.08. The smallest absolute Gasteiger partial charge is 0.244 e. The molecule has 0 spiro atoms. The standard InChI is InChI=1S/C13H14BrFN2O2S2/c1-8-3-4-20-12(8)7-17(2)21(18,19)13-6-11(16)10(15)5-9(13)14/h3-6H,7,16H2,1-2H3. The van der Waals surface area contributed by atoms with Gasteiger partial charge in [0.25, 0.3) is 0 Å². The number of hydrogen-bond acceptors (Lipinski definition) is 4. The summed E-state index contributed by atoms with van der Waals surface area (Å²) in [5, 5.41) is 1.91. The predicted molar refractivity (Wildman–Crippen MR) is 86.2 cm³/mol. The van der Waals surface area contributed by atoms with E-state index in [1.165, 1.54) is 22.7 Å². The van der Waals surface area contributed by atoms with Crippen LogP contribution in [-0.4, -0.2) is 19.8 Å². The summed E-state index contributed by atoms with van der Waals surface area (Å²) < 4.78 is 39.9. The molecule has 0 bridgehead atoms. The Morgan fingerprint density at radius 2 is 2.10 bits per heavy atom. The van der Waals surface area contributed by atoms with Crippen LogP contribution in [0, 0.1) is 12.7 Å². The zero-order chi connectivity index (χ0) is 15.8. The van der Waals surface area contributed by atoms with E-state index in [0.29, 0.717) is 0 Å². The van der Waals surface area contributed by atoms with Gasteiger partial charge in [-0.25, -0.2) is 12.8 Å². The first-order chi connectivity index (χ1) is 9.73. The van der Waals surface area contributed by atoms with Gasteiger partial charge in [-0.15, -0.1) is 11.3 Å². The summed E-state index contributed by atoms with van der Waals surface area (Å²) in [6.07, 6.45) is 0. The minimum absolute atomic E-state index is 0.0434. The van der Waals surface area contributed by atoms with Crippen LogP contribution in [0.15, 0.2) is 32.9 Å². The Hall–Kier alpha value is -0.960. The van der Waals surface area contributed by atoms with Gasteiger partial charge in [0.1, 0.15) is 5.82 Å². The van der Waals surface area contributed by atoms with Gasteiger partial charge in [-0.05, 0) is 52.0 Å². The maximum atomic E-state index is 13.3. The highest BCUT2D eigenvalue weighted by molar-refractivity contribution is 9.10. The fourth-order valence-corrected chi connectivity index (χ4v) is 4.95. The number of nitrogen functional groups attached to an aromatic ring is 1. The molecule has 0 saturated heterocycles. The molecule has 2 aromatic rings. The average molecular weight is 393 g/mol. The number of sulfonamides is 1. The highest BCUT2D eigenvalue weighted by Crippen LogP contribution is 2.30. The summed E-state index contributed by atoms with van der Waals surface area (Å²) in [7, 11) is -2.27. The van der Waals surface area contributed by atoms with Crippen molar-refractivity contribution >= 4 is 43.0 Å². The maximum absolute atomic E-state index is 13.3. The average Bonchev–Trinajstić information content (AvgIpc) is 2.79. The second kappa shape index (κ2) is 6.04. The van der Waals surface area contributed by atoms with Crippen LogP contribution in [0.25, 0.3) is 0 Å². The molecule has 0 atom stereocenters. The van der Waals surface area contributed by atoms with Crippen LogP contribution in [-0.2, 0) is 16.6 Å². The van der Waals surface area contributed by atoms with Crippen LogP contribution in [0.1, 0.15) is 10.4 Å². The van der Waals surface area contributed by atoms with Crippen LogP contribution in [0.2, 0.25) is 0 Å². The number of hydrogen-bond donors (Lipinski definition) is 1. The second-order valence-corrected chi connectivity index (χ2v) is 8.46. The normalized spacial score (nSPS) is 12.0. The molecule has 4 nitrogen and oxygen atoms in total. The first-order valence-electron chi connectivity index (χ1n) is 5.97. The molecule has 0 unspecified atom stereocenters.